The van der Waals surface area contributed by atoms with Crippen molar-refractivity contribution in [3.8, 4) is 0 Å². The van der Waals surface area contributed by atoms with Gasteiger partial charge in [0.2, 0.25) is 0 Å². The topological polar surface area (TPSA) is 65.1 Å². The molecule has 3 N–H and O–H groups in total. The highest BCUT2D eigenvalue weighted by atomic mass is 16.5. The van der Waals surface area contributed by atoms with Crippen molar-refractivity contribution in [2.24, 2.45) is 11.8 Å². The summed E-state index contributed by atoms with van der Waals surface area (Å²) in [5, 5.41) is 0. The summed E-state index contributed by atoms with van der Waals surface area (Å²) in [6.07, 6.45) is 7.35. The lowest BCUT2D eigenvalue weighted by molar-refractivity contribution is 0.0503. The van der Waals surface area contributed by atoms with E-state index in [0.29, 0.717) is 5.92 Å². The maximum absolute atomic E-state index is 5.66. The third kappa shape index (κ3) is 2.86. The summed E-state index contributed by atoms with van der Waals surface area (Å²) >= 11 is 0. The van der Waals surface area contributed by atoms with E-state index in [4.69, 9.17) is 10.6 Å². The van der Waals surface area contributed by atoms with Gasteiger partial charge in [-0.05, 0) is 25.7 Å². The molecule has 1 aliphatic carbocycles. The second-order valence-electron chi connectivity index (χ2n) is 4.64. The van der Waals surface area contributed by atoms with E-state index < -0.39 is 0 Å². The van der Waals surface area contributed by atoms with Crippen molar-refractivity contribution < 1.29 is 4.74 Å². The molecular weight excluding hydrogens is 216 g/mol. The molecule has 0 radical (unpaired) electrons. The third-order valence-electron chi connectivity index (χ3n) is 3.51. The fourth-order valence-corrected chi connectivity index (χ4v) is 2.39. The molecule has 0 bridgehead atoms. The number of aromatic nitrogens is 2. The second-order valence-corrected chi connectivity index (χ2v) is 4.64. The van der Waals surface area contributed by atoms with Crippen molar-refractivity contribution in [1.82, 2.24) is 15.0 Å². The highest BCUT2D eigenvalue weighted by Gasteiger charge is 2.36. The average molecular weight is 238 g/mol. The quantitative estimate of drug-likeness (QED) is 0.542. The van der Waals surface area contributed by atoms with Crippen LogP contribution in [0.2, 0.25) is 0 Å². The molecule has 17 heavy (non-hydrogen) atoms. The first kappa shape index (κ1) is 12.5. The number of methoxy groups -OCH3 is 1. The number of nitrogens with two attached hydrogens (primary N) is 1. The largest absolute Gasteiger partial charge is 0.379 e. The van der Waals surface area contributed by atoms with Gasteiger partial charge in [-0.3, -0.25) is 11.3 Å². The molecule has 0 saturated heterocycles. The van der Waals surface area contributed by atoms with Gasteiger partial charge in [-0.2, -0.15) is 0 Å². The molecule has 0 amide bonds. The zero-order valence-corrected chi connectivity index (χ0v) is 10.6. The van der Waals surface area contributed by atoms with Crippen LogP contribution in [0.25, 0.3) is 0 Å². The first-order chi connectivity index (χ1) is 8.30. The predicted molar refractivity (Wildman–Crippen MR) is 66.2 cm³/mol. The molecule has 1 aromatic rings. The fourth-order valence-electron chi connectivity index (χ4n) is 2.39. The Kier molecular flexibility index (Phi) is 4.15. The van der Waals surface area contributed by atoms with Crippen LogP contribution >= 0.6 is 0 Å². The van der Waals surface area contributed by atoms with Crippen LogP contribution in [-0.2, 0) is 17.7 Å². The number of hydrazine groups is 1. The highest BCUT2D eigenvalue weighted by molar-refractivity contribution is 4.99. The van der Waals surface area contributed by atoms with Crippen LogP contribution in [0.5, 0.6) is 0 Å². The van der Waals surface area contributed by atoms with Gasteiger partial charge in [0, 0.05) is 32.5 Å². The van der Waals surface area contributed by atoms with E-state index in [-0.39, 0.29) is 12.1 Å². The van der Waals surface area contributed by atoms with Gasteiger partial charge in [0.15, 0.2) is 0 Å². The average Bonchev–Trinajstić information content (AvgIpc) is 3.08. The summed E-state index contributed by atoms with van der Waals surface area (Å²) in [6, 6.07) is 0.139. The van der Waals surface area contributed by atoms with Crippen molar-refractivity contribution >= 4 is 0 Å². The van der Waals surface area contributed by atoms with Gasteiger partial charge in [0.1, 0.15) is 5.82 Å². The van der Waals surface area contributed by atoms with Crippen molar-refractivity contribution in [2.75, 3.05) is 7.11 Å². The van der Waals surface area contributed by atoms with Gasteiger partial charge < -0.3 is 9.30 Å². The number of hydrogen-bond donors (Lipinski definition) is 2. The molecule has 2 atom stereocenters. The van der Waals surface area contributed by atoms with Crippen molar-refractivity contribution in [3.63, 3.8) is 0 Å². The Balaban J connectivity index is 2.03. The summed E-state index contributed by atoms with van der Waals surface area (Å²) in [5.74, 6) is 7.38. The first-order valence-corrected chi connectivity index (χ1v) is 6.29. The van der Waals surface area contributed by atoms with E-state index in [1.54, 1.807) is 7.11 Å². The molecule has 0 spiro atoms. The Morgan fingerprint density at radius 3 is 2.94 bits per heavy atom. The van der Waals surface area contributed by atoms with Gasteiger partial charge >= 0.3 is 0 Å². The Bertz CT molecular complexity index is 348. The van der Waals surface area contributed by atoms with Gasteiger partial charge in [-0.1, -0.05) is 0 Å². The number of nitrogens with one attached hydrogen (secondary N) is 1. The van der Waals surface area contributed by atoms with Crippen molar-refractivity contribution in [2.45, 2.75) is 44.9 Å². The maximum Gasteiger partial charge on any atom is 0.110 e. The summed E-state index contributed by atoms with van der Waals surface area (Å²) in [4.78, 5) is 4.38. The van der Waals surface area contributed by atoms with E-state index in [0.717, 1.165) is 18.8 Å². The molecule has 2 unspecified atom stereocenters. The van der Waals surface area contributed by atoms with Gasteiger partial charge in [0.25, 0.3) is 0 Å². The van der Waals surface area contributed by atoms with Crippen LogP contribution in [0.4, 0.5) is 0 Å². The number of nitrogens with zero attached hydrogens (tertiary/aromatic N) is 2. The number of ether oxygens (including phenoxy) is 1. The molecule has 1 aliphatic rings. The minimum absolute atomic E-state index is 0.139. The van der Waals surface area contributed by atoms with Crippen molar-refractivity contribution in [1.29, 1.82) is 0 Å². The standard InChI is InChI=1S/C12H22N4O/c1-3-16-7-6-14-11(16)8-10(15-13)12(17-2)9-4-5-9/h6-7,9-10,12,15H,3-5,8,13H2,1-2H3. The van der Waals surface area contributed by atoms with Crippen LogP contribution in [0.1, 0.15) is 25.6 Å². The van der Waals surface area contributed by atoms with Gasteiger partial charge in [-0.15, -0.1) is 0 Å². The van der Waals surface area contributed by atoms with Gasteiger partial charge in [0.05, 0.1) is 12.1 Å². The molecule has 0 aromatic carbocycles. The zero-order valence-electron chi connectivity index (χ0n) is 10.6. The number of rotatable bonds is 7. The summed E-state index contributed by atoms with van der Waals surface area (Å²) < 4.78 is 7.71. The number of aryl methyl sites for hydroxylation is 1. The molecule has 2 rings (SSSR count). The molecule has 0 aliphatic heterocycles. The Hall–Kier alpha value is -0.910. The van der Waals surface area contributed by atoms with E-state index in [2.05, 4.69) is 21.9 Å². The van der Waals surface area contributed by atoms with Crippen LogP contribution < -0.4 is 11.3 Å². The van der Waals surface area contributed by atoms with Crippen LogP contribution in [0, 0.1) is 5.92 Å². The van der Waals surface area contributed by atoms with E-state index in [1.807, 2.05) is 12.4 Å². The molecule has 5 nitrogen and oxygen atoms in total. The maximum atomic E-state index is 5.66. The van der Waals surface area contributed by atoms with E-state index in [1.165, 1.54) is 12.8 Å². The molecule has 1 fully saturated rings. The van der Waals surface area contributed by atoms with Crippen LogP contribution in [0.3, 0.4) is 0 Å². The minimum Gasteiger partial charge on any atom is -0.379 e. The molecule has 96 valence electrons. The molecule has 5 heteroatoms. The zero-order chi connectivity index (χ0) is 12.3. The lowest BCUT2D eigenvalue weighted by Gasteiger charge is -2.25. The van der Waals surface area contributed by atoms with Crippen molar-refractivity contribution in [3.05, 3.63) is 18.2 Å². The predicted octanol–water partition coefficient (Wildman–Crippen LogP) is 0.702. The number of imidazole rings is 1. The Labute approximate surface area is 102 Å². The van der Waals surface area contributed by atoms with E-state index in [9.17, 15) is 0 Å². The third-order valence-corrected chi connectivity index (χ3v) is 3.51. The SMILES string of the molecule is CCn1ccnc1CC(NN)C(OC)C1CC1. The number of hydrogen-bond acceptors (Lipinski definition) is 4. The minimum atomic E-state index is 0.139. The first-order valence-electron chi connectivity index (χ1n) is 6.29. The van der Waals surface area contributed by atoms with E-state index >= 15 is 0 Å². The lowest BCUT2D eigenvalue weighted by atomic mass is 10.0. The fraction of sp³-hybridized carbons (Fsp3) is 0.750. The van der Waals surface area contributed by atoms with Crippen LogP contribution in [0.15, 0.2) is 12.4 Å². The molecule has 1 aromatic heterocycles. The second kappa shape index (κ2) is 5.62. The summed E-state index contributed by atoms with van der Waals surface area (Å²) in [7, 11) is 1.76. The molecular formula is C12H22N4O. The smallest absolute Gasteiger partial charge is 0.110 e. The Morgan fingerprint density at radius 2 is 2.41 bits per heavy atom. The summed E-state index contributed by atoms with van der Waals surface area (Å²) in [5.41, 5.74) is 2.89. The van der Waals surface area contributed by atoms with Crippen LogP contribution in [-0.4, -0.2) is 28.8 Å². The van der Waals surface area contributed by atoms with Gasteiger partial charge in [-0.25, -0.2) is 4.98 Å². The summed E-state index contributed by atoms with van der Waals surface area (Å²) in [6.45, 7) is 3.05. The Morgan fingerprint density at radius 1 is 1.65 bits per heavy atom. The molecule has 1 heterocycles. The normalized spacial score (nSPS) is 19.2. The monoisotopic (exact) mass is 238 g/mol. The molecule has 1 saturated carbocycles. The lowest BCUT2D eigenvalue weighted by Crippen LogP contribution is -2.47. The highest BCUT2D eigenvalue weighted by Crippen LogP contribution is 2.36.